The second-order valence-corrected chi connectivity index (χ2v) is 6.66. The van der Waals surface area contributed by atoms with Gasteiger partial charge in [-0.15, -0.1) is 0 Å². The Bertz CT molecular complexity index is 673. The molecule has 2 aliphatic rings. The molecule has 1 saturated carbocycles. The van der Waals surface area contributed by atoms with E-state index in [0.29, 0.717) is 31.6 Å². The maximum atomic E-state index is 12.4. The fourth-order valence-corrected chi connectivity index (χ4v) is 3.55. The molecule has 2 amide bonds. The summed E-state index contributed by atoms with van der Waals surface area (Å²) >= 11 is 0. The van der Waals surface area contributed by atoms with Gasteiger partial charge in [-0.25, -0.2) is 0 Å². The van der Waals surface area contributed by atoms with Crippen LogP contribution in [0, 0.1) is 11.8 Å². The van der Waals surface area contributed by atoms with Gasteiger partial charge in [0.2, 0.25) is 11.8 Å². The first-order valence-electron chi connectivity index (χ1n) is 8.45. The van der Waals surface area contributed by atoms with Crippen molar-refractivity contribution in [2.24, 2.45) is 11.8 Å². The average Bonchev–Trinajstić information content (AvgIpc) is 3.22. The molecule has 1 unspecified atom stereocenters. The third kappa shape index (κ3) is 3.75. The summed E-state index contributed by atoms with van der Waals surface area (Å²) in [5, 5.41) is 12.0. The number of carboxylic acid groups (broad SMARTS) is 1. The zero-order chi connectivity index (χ0) is 18.0. The number of nitrogens with zero attached hydrogens (tertiary/aromatic N) is 1. The summed E-state index contributed by atoms with van der Waals surface area (Å²) in [4.78, 5) is 37.3. The number of nitrogens with one attached hydrogen (secondary N) is 1. The minimum atomic E-state index is -0.807. The molecule has 0 radical (unpaired) electrons. The molecule has 3 rings (SSSR count). The smallest absolute Gasteiger partial charge is 0.306 e. The number of carboxylic acids is 1. The lowest BCUT2D eigenvalue weighted by molar-refractivity contribution is -0.141. The molecular weight excluding hydrogens is 324 g/mol. The minimum Gasteiger partial charge on any atom is -0.497 e. The zero-order valence-corrected chi connectivity index (χ0v) is 14.1. The van der Waals surface area contributed by atoms with Gasteiger partial charge in [0.05, 0.1) is 18.9 Å². The van der Waals surface area contributed by atoms with E-state index in [1.165, 1.54) is 0 Å². The number of carbonyl (C=O) groups excluding carboxylic acids is 2. The number of methoxy groups -OCH3 is 1. The van der Waals surface area contributed by atoms with Gasteiger partial charge in [-0.2, -0.15) is 0 Å². The molecule has 0 spiro atoms. The SMILES string of the molecule is COc1ccc(N2CC(C(=O)N[C@H]3CC[C@@H](C(=O)O)C3)CC2=O)cc1. The Morgan fingerprint density at radius 2 is 1.92 bits per heavy atom. The van der Waals surface area contributed by atoms with Crippen LogP contribution in [0.1, 0.15) is 25.7 Å². The van der Waals surface area contributed by atoms with Crippen molar-refractivity contribution < 1.29 is 24.2 Å². The normalized spacial score (nSPS) is 25.9. The second-order valence-electron chi connectivity index (χ2n) is 6.66. The molecule has 2 N–H and O–H groups in total. The molecular formula is C18H22N2O5. The van der Waals surface area contributed by atoms with Crippen molar-refractivity contribution in [2.45, 2.75) is 31.7 Å². The van der Waals surface area contributed by atoms with Gasteiger partial charge in [-0.3, -0.25) is 14.4 Å². The lowest BCUT2D eigenvalue weighted by atomic mass is 10.1. The quantitative estimate of drug-likeness (QED) is 0.840. The van der Waals surface area contributed by atoms with E-state index in [-0.39, 0.29) is 30.2 Å². The Morgan fingerprint density at radius 1 is 1.20 bits per heavy atom. The van der Waals surface area contributed by atoms with E-state index in [4.69, 9.17) is 9.84 Å². The fourth-order valence-electron chi connectivity index (χ4n) is 3.55. The van der Waals surface area contributed by atoms with E-state index in [9.17, 15) is 14.4 Å². The summed E-state index contributed by atoms with van der Waals surface area (Å²) in [6.07, 6.45) is 1.89. The number of anilines is 1. The molecule has 25 heavy (non-hydrogen) atoms. The summed E-state index contributed by atoms with van der Waals surface area (Å²) in [5.41, 5.74) is 0.743. The summed E-state index contributed by atoms with van der Waals surface area (Å²) in [6, 6.07) is 7.04. The summed E-state index contributed by atoms with van der Waals surface area (Å²) in [6.45, 7) is 0.339. The third-order valence-electron chi connectivity index (χ3n) is 5.01. The van der Waals surface area contributed by atoms with Crippen molar-refractivity contribution in [1.29, 1.82) is 0 Å². The van der Waals surface area contributed by atoms with Crippen LogP contribution in [0.4, 0.5) is 5.69 Å². The van der Waals surface area contributed by atoms with Crippen molar-refractivity contribution in [2.75, 3.05) is 18.6 Å². The number of hydrogen-bond donors (Lipinski definition) is 2. The monoisotopic (exact) mass is 346 g/mol. The van der Waals surface area contributed by atoms with Gasteiger partial charge < -0.3 is 20.1 Å². The predicted molar refractivity (Wildman–Crippen MR) is 90.4 cm³/mol. The first-order valence-corrected chi connectivity index (χ1v) is 8.45. The van der Waals surface area contributed by atoms with Crippen molar-refractivity contribution in [1.82, 2.24) is 5.32 Å². The number of amides is 2. The van der Waals surface area contributed by atoms with E-state index in [1.807, 2.05) is 0 Å². The predicted octanol–water partition coefficient (Wildman–Crippen LogP) is 1.42. The maximum Gasteiger partial charge on any atom is 0.306 e. The van der Waals surface area contributed by atoms with Crippen LogP contribution in [0.2, 0.25) is 0 Å². The summed E-state index contributed by atoms with van der Waals surface area (Å²) in [7, 11) is 1.58. The van der Waals surface area contributed by atoms with E-state index in [2.05, 4.69) is 5.32 Å². The maximum absolute atomic E-state index is 12.4. The van der Waals surface area contributed by atoms with Gasteiger partial charge in [0, 0.05) is 24.7 Å². The Kier molecular flexibility index (Phi) is 4.92. The topological polar surface area (TPSA) is 95.9 Å². The standard InChI is InChI=1S/C18H22N2O5/c1-25-15-6-4-14(5-7-15)20-10-12(9-16(20)21)17(22)19-13-3-2-11(8-13)18(23)24/h4-7,11-13H,2-3,8-10H2,1H3,(H,19,22)(H,23,24)/t11-,12?,13+/m1/s1. The molecule has 1 aliphatic heterocycles. The molecule has 3 atom stereocenters. The van der Waals surface area contributed by atoms with E-state index in [1.54, 1.807) is 36.3 Å². The molecule has 1 saturated heterocycles. The van der Waals surface area contributed by atoms with Crippen LogP contribution < -0.4 is 15.0 Å². The second kappa shape index (κ2) is 7.13. The highest BCUT2D eigenvalue weighted by molar-refractivity contribution is 6.00. The van der Waals surface area contributed by atoms with E-state index >= 15 is 0 Å². The Morgan fingerprint density at radius 3 is 2.52 bits per heavy atom. The summed E-state index contributed by atoms with van der Waals surface area (Å²) in [5.74, 6) is -1.14. The highest BCUT2D eigenvalue weighted by Crippen LogP contribution is 2.29. The van der Waals surface area contributed by atoms with Crippen LogP contribution in [-0.4, -0.2) is 42.6 Å². The van der Waals surface area contributed by atoms with Gasteiger partial charge >= 0.3 is 5.97 Å². The molecule has 7 heteroatoms. The molecule has 2 fully saturated rings. The van der Waals surface area contributed by atoms with E-state index < -0.39 is 11.9 Å². The number of hydrogen-bond acceptors (Lipinski definition) is 4. The molecule has 1 aromatic carbocycles. The van der Waals surface area contributed by atoms with Gasteiger partial charge in [0.15, 0.2) is 0 Å². The molecule has 7 nitrogen and oxygen atoms in total. The Hall–Kier alpha value is -2.57. The molecule has 0 bridgehead atoms. The molecule has 1 aromatic rings. The highest BCUT2D eigenvalue weighted by Gasteiger charge is 2.37. The van der Waals surface area contributed by atoms with Gasteiger partial charge in [0.25, 0.3) is 0 Å². The van der Waals surface area contributed by atoms with Gasteiger partial charge in [-0.05, 0) is 43.5 Å². The average molecular weight is 346 g/mol. The van der Waals surface area contributed by atoms with Gasteiger partial charge in [0.1, 0.15) is 5.75 Å². The van der Waals surface area contributed by atoms with Crippen LogP contribution in [0.5, 0.6) is 5.75 Å². The summed E-state index contributed by atoms with van der Waals surface area (Å²) < 4.78 is 5.11. The lowest BCUT2D eigenvalue weighted by Crippen LogP contribution is -2.39. The van der Waals surface area contributed by atoms with E-state index in [0.717, 1.165) is 5.69 Å². The van der Waals surface area contributed by atoms with Crippen molar-refractivity contribution in [3.63, 3.8) is 0 Å². The number of benzene rings is 1. The van der Waals surface area contributed by atoms with Crippen molar-refractivity contribution >= 4 is 23.5 Å². The number of carbonyl (C=O) groups is 3. The third-order valence-corrected chi connectivity index (χ3v) is 5.01. The molecule has 134 valence electrons. The molecule has 0 aromatic heterocycles. The largest absolute Gasteiger partial charge is 0.497 e. The fraction of sp³-hybridized carbons (Fsp3) is 0.500. The van der Waals surface area contributed by atoms with Crippen LogP contribution in [0.25, 0.3) is 0 Å². The zero-order valence-electron chi connectivity index (χ0n) is 14.1. The highest BCUT2D eigenvalue weighted by atomic mass is 16.5. The van der Waals surface area contributed by atoms with Crippen LogP contribution in [0.3, 0.4) is 0 Å². The van der Waals surface area contributed by atoms with Crippen LogP contribution in [-0.2, 0) is 14.4 Å². The minimum absolute atomic E-state index is 0.0832. The Labute approximate surface area is 146 Å². The first kappa shape index (κ1) is 17.3. The number of ether oxygens (including phenoxy) is 1. The molecule has 1 heterocycles. The Balaban J connectivity index is 1.58. The number of aliphatic carboxylic acids is 1. The first-order chi connectivity index (χ1) is 12.0. The van der Waals surface area contributed by atoms with Crippen molar-refractivity contribution in [3.05, 3.63) is 24.3 Å². The van der Waals surface area contributed by atoms with Gasteiger partial charge in [-0.1, -0.05) is 0 Å². The molecule has 1 aliphatic carbocycles. The van der Waals surface area contributed by atoms with Crippen LogP contribution >= 0.6 is 0 Å². The van der Waals surface area contributed by atoms with Crippen molar-refractivity contribution in [3.8, 4) is 5.75 Å². The number of rotatable bonds is 5. The van der Waals surface area contributed by atoms with Crippen LogP contribution in [0.15, 0.2) is 24.3 Å². The lowest BCUT2D eigenvalue weighted by Gasteiger charge is -2.18.